The van der Waals surface area contributed by atoms with Crippen molar-refractivity contribution in [1.29, 1.82) is 0 Å². The van der Waals surface area contributed by atoms with Gasteiger partial charge in [-0.1, -0.05) is 44.2 Å². The van der Waals surface area contributed by atoms with Crippen molar-refractivity contribution in [3.8, 4) is 17.2 Å². The maximum atomic E-state index is 5.92. The lowest BCUT2D eigenvalue weighted by Crippen LogP contribution is -2.04. The molecule has 0 aliphatic carbocycles. The van der Waals surface area contributed by atoms with Crippen LogP contribution in [0.4, 0.5) is 0 Å². The lowest BCUT2D eigenvalue weighted by Gasteiger charge is -2.14. The summed E-state index contributed by atoms with van der Waals surface area (Å²) >= 11 is 0. The molecule has 0 spiro atoms. The molecule has 0 aromatic heterocycles. The van der Waals surface area contributed by atoms with E-state index in [-0.39, 0.29) is 0 Å². The van der Waals surface area contributed by atoms with E-state index in [0.29, 0.717) is 19.1 Å². The van der Waals surface area contributed by atoms with Gasteiger partial charge in [-0.3, -0.25) is 0 Å². The second kappa shape index (κ2) is 9.09. The van der Waals surface area contributed by atoms with Crippen molar-refractivity contribution >= 4 is 0 Å². The first-order chi connectivity index (χ1) is 11.2. The predicted octanol–water partition coefficient (Wildman–Crippen LogP) is 5.06. The van der Waals surface area contributed by atoms with Gasteiger partial charge in [-0.2, -0.15) is 0 Å². The van der Waals surface area contributed by atoms with Gasteiger partial charge < -0.3 is 14.2 Å². The first-order valence-corrected chi connectivity index (χ1v) is 8.20. The van der Waals surface area contributed by atoms with Gasteiger partial charge in [0.15, 0.2) is 11.5 Å². The summed E-state index contributed by atoms with van der Waals surface area (Å²) in [5.41, 5.74) is 1.26. The molecule has 0 aliphatic heterocycles. The second-order valence-electron chi connectivity index (χ2n) is 5.75. The largest absolute Gasteiger partial charge is 0.493 e. The van der Waals surface area contributed by atoms with Gasteiger partial charge >= 0.3 is 0 Å². The van der Waals surface area contributed by atoms with Gasteiger partial charge in [-0.05, 0) is 42.5 Å². The zero-order valence-electron chi connectivity index (χ0n) is 14.2. The Labute approximate surface area is 139 Å². The topological polar surface area (TPSA) is 27.7 Å². The third kappa shape index (κ3) is 5.20. The molecule has 0 fully saturated rings. The van der Waals surface area contributed by atoms with Crippen molar-refractivity contribution in [2.45, 2.75) is 32.6 Å². The zero-order chi connectivity index (χ0) is 16.5. The maximum Gasteiger partial charge on any atom is 0.161 e. The fourth-order valence-corrected chi connectivity index (χ4v) is 2.40. The van der Waals surface area contributed by atoms with Gasteiger partial charge in [0, 0.05) is 0 Å². The molecule has 0 bridgehead atoms. The number of hydrogen-bond acceptors (Lipinski definition) is 3. The van der Waals surface area contributed by atoms with E-state index in [4.69, 9.17) is 14.2 Å². The third-order valence-corrected chi connectivity index (χ3v) is 3.66. The molecule has 0 aliphatic rings. The molecule has 0 heterocycles. The standard InChI is InChI=1S/C20H26O3/c1-16(2)17-10-4-5-11-18(17)22-14-8-9-15-23-20-13-7-6-12-19(20)21-3/h4-7,10-13,16H,8-9,14-15H2,1-3H3. The van der Waals surface area contributed by atoms with Crippen molar-refractivity contribution in [1.82, 2.24) is 0 Å². The van der Waals surface area contributed by atoms with Crippen molar-refractivity contribution in [3.05, 3.63) is 54.1 Å². The molecule has 0 N–H and O–H groups in total. The van der Waals surface area contributed by atoms with E-state index in [1.807, 2.05) is 36.4 Å². The van der Waals surface area contributed by atoms with Crippen LogP contribution in [0.3, 0.4) is 0 Å². The van der Waals surface area contributed by atoms with E-state index < -0.39 is 0 Å². The van der Waals surface area contributed by atoms with Gasteiger partial charge in [0.05, 0.1) is 20.3 Å². The van der Waals surface area contributed by atoms with Crippen LogP contribution in [0, 0.1) is 0 Å². The molecular formula is C20H26O3. The molecule has 2 aromatic rings. The fraction of sp³-hybridized carbons (Fsp3) is 0.400. The van der Waals surface area contributed by atoms with Gasteiger partial charge in [0.1, 0.15) is 5.75 Å². The Morgan fingerprint density at radius 3 is 1.87 bits per heavy atom. The van der Waals surface area contributed by atoms with E-state index in [1.165, 1.54) is 5.56 Å². The summed E-state index contributed by atoms with van der Waals surface area (Å²) in [7, 11) is 1.65. The Morgan fingerprint density at radius 1 is 0.739 bits per heavy atom. The molecule has 0 radical (unpaired) electrons. The van der Waals surface area contributed by atoms with Crippen LogP contribution < -0.4 is 14.2 Å². The Kier molecular flexibility index (Phi) is 6.79. The maximum absolute atomic E-state index is 5.92. The number of hydrogen-bond donors (Lipinski definition) is 0. The summed E-state index contributed by atoms with van der Waals surface area (Å²) in [5.74, 6) is 3.03. The molecule has 0 saturated carbocycles. The molecule has 0 unspecified atom stereocenters. The highest BCUT2D eigenvalue weighted by atomic mass is 16.5. The smallest absolute Gasteiger partial charge is 0.161 e. The SMILES string of the molecule is COc1ccccc1OCCCCOc1ccccc1C(C)C. The first kappa shape index (κ1) is 17.2. The summed E-state index contributed by atoms with van der Waals surface area (Å²) in [6.45, 7) is 5.74. The normalized spacial score (nSPS) is 10.6. The lowest BCUT2D eigenvalue weighted by molar-refractivity contribution is 0.257. The molecule has 124 valence electrons. The molecule has 3 heteroatoms. The van der Waals surface area contributed by atoms with Crippen LogP contribution >= 0.6 is 0 Å². The number of rotatable bonds is 9. The van der Waals surface area contributed by atoms with Crippen molar-refractivity contribution in [2.75, 3.05) is 20.3 Å². The molecule has 3 nitrogen and oxygen atoms in total. The zero-order valence-corrected chi connectivity index (χ0v) is 14.2. The lowest BCUT2D eigenvalue weighted by atomic mass is 10.0. The molecule has 23 heavy (non-hydrogen) atoms. The van der Waals surface area contributed by atoms with Crippen molar-refractivity contribution in [2.24, 2.45) is 0 Å². The average molecular weight is 314 g/mol. The van der Waals surface area contributed by atoms with Crippen LogP contribution in [-0.2, 0) is 0 Å². The molecule has 2 aromatic carbocycles. The highest BCUT2D eigenvalue weighted by Crippen LogP contribution is 2.27. The summed E-state index contributed by atoms with van der Waals surface area (Å²) in [6.07, 6.45) is 1.91. The number of para-hydroxylation sites is 3. The summed E-state index contributed by atoms with van der Waals surface area (Å²) in [6, 6.07) is 16.0. The Bertz CT molecular complexity index is 593. The molecule has 0 saturated heterocycles. The van der Waals surface area contributed by atoms with Crippen LogP contribution in [-0.4, -0.2) is 20.3 Å². The van der Waals surface area contributed by atoms with Crippen LogP contribution in [0.1, 0.15) is 38.2 Å². The minimum absolute atomic E-state index is 0.472. The summed E-state index contributed by atoms with van der Waals surface area (Å²) in [4.78, 5) is 0. The van der Waals surface area contributed by atoms with E-state index >= 15 is 0 Å². The van der Waals surface area contributed by atoms with Crippen molar-refractivity contribution < 1.29 is 14.2 Å². The summed E-state index contributed by atoms with van der Waals surface area (Å²) in [5, 5.41) is 0. The fourth-order valence-electron chi connectivity index (χ4n) is 2.40. The van der Waals surface area contributed by atoms with Crippen LogP contribution in [0.5, 0.6) is 17.2 Å². The molecular weight excluding hydrogens is 288 g/mol. The van der Waals surface area contributed by atoms with Crippen molar-refractivity contribution in [3.63, 3.8) is 0 Å². The van der Waals surface area contributed by atoms with E-state index in [0.717, 1.165) is 30.1 Å². The molecule has 0 atom stereocenters. The quantitative estimate of drug-likeness (QED) is 0.606. The minimum atomic E-state index is 0.472. The Balaban J connectivity index is 1.70. The van der Waals surface area contributed by atoms with Gasteiger partial charge in [-0.25, -0.2) is 0 Å². The highest BCUT2D eigenvalue weighted by molar-refractivity contribution is 5.39. The average Bonchev–Trinajstić information content (AvgIpc) is 2.58. The van der Waals surface area contributed by atoms with Gasteiger partial charge in [0.25, 0.3) is 0 Å². The van der Waals surface area contributed by atoms with E-state index in [1.54, 1.807) is 7.11 Å². The Hall–Kier alpha value is -2.16. The van der Waals surface area contributed by atoms with Gasteiger partial charge in [0.2, 0.25) is 0 Å². The number of unbranched alkanes of at least 4 members (excludes halogenated alkanes) is 1. The van der Waals surface area contributed by atoms with Crippen LogP contribution in [0.2, 0.25) is 0 Å². The van der Waals surface area contributed by atoms with Crippen LogP contribution in [0.25, 0.3) is 0 Å². The van der Waals surface area contributed by atoms with Gasteiger partial charge in [-0.15, -0.1) is 0 Å². The highest BCUT2D eigenvalue weighted by Gasteiger charge is 2.06. The molecule has 2 rings (SSSR count). The number of methoxy groups -OCH3 is 1. The third-order valence-electron chi connectivity index (χ3n) is 3.66. The van der Waals surface area contributed by atoms with E-state index in [9.17, 15) is 0 Å². The monoisotopic (exact) mass is 314 g/mol. The number of benzene rings is 2. The predicted molar refractivity (Wildman–Crippen MR) is 93.7 cm³/mol. The van der Waals surface area contributed by atoms with E-state index in [2.05, 4.69) is 26.0 Å². The minimum Gasteiger partial charge on any atom is -0.493 e. The Morgan fingerprint density at radius 2 is 1.26 bits per heavy atom. The summed E-state index contributed by atoms with van der Waals surface area (Å²) < 4.78 is 16.9. The first-order valence-electron chi connectivity index (χ1n) is 8.20. The number of ether oxygens (including phenoxy) is 3. The second-order valence-corrected chi connectivity index (χ2v) is 5.75. The van der Waals surface area contributed by atoms with Crippen LogP contribution in [0.15, 0.2) is 48.5 Å². The molecule has 0 amide bonds.